The van der Waals surface area contributed by atoms with E-state index in [0.717, 1.165) is 17.7 Å². The molecule has 0 aliphatic carbocycles. The van der Waals surface area contributed by atoms with E-state index in [-0.39, 0.29) is 11.9 Å². The highest BCUT2D eigenvalue weighted by molar-refractivity contribution is 6.32. The molecule has 0 aliphatic heterocycles. The topological polar surface area (TPSA) is 47.6 Å². The molecule has 24 heavy (non-hydrogen) atoms. The van der Waals surface area contributed by atoms with Crippen LogP contribution in [0.1, 0.15) is 42.2 Å². The second-order valence-corrected chi connectivity index (χ2v) is 5.69. The second kappa shape index (κ2) is 8.60. The molecular weight excluding hydrogens is 326 g/mol. The maximum absolute atomic E-state index is 12.5. The van der Waals surface area contributed by atoms with Gasteiger partial charge in [-0.15, -0.1) is 0 Å². The number of benzene rings is 2. The molecule has 0 saturated heterocycles. The lowest BCUT2D eigenvalue weighted by atomic mass is 10.0. The molecule has 1 amide bonds. The SMILES string of the molecule is CCOc1ccc(C(=O)NC(CC)c2ccc(OC)cc2)cc1Cl. The summed E-state index contributed by atoms with van der Waals surface area (Å²) in [5.41, 5.74) is 1.54. The number of halogens is 1. The summed E-state index contributed by atoms with van der Waals surface area (Å²) < 4.78 is 10.6. The van der Waals surface area contributed by atoms with Crippen LogP contribution in [0.4, 0.5) is 0 Å². The first-order valence-corrected chi connectivity index (χ1v) is 8.34. The number of hydrogen-bond donors (Lipinski definition) is 1. The molecule has 4 nitrogen and oxygen atoms in total. The van der Waals surface area contributed by atoms with Crippen molar-refractivity contribution in [2.45, 2.75) is 26.3 Å². The molecule has 1 unspecified atom stereocenters. The Labute approximate surface area is 147 Å². The van der Waals surface area contributed by atoms with Gasteiger partial charge in [-0.2, -0.15) is 0 Å². The van der Waals surface area contributed by atoms with Gasteiger partial charge < -0.3 is 14.8 Å². The number of amides is 1. The highest BCUT2D eigenvalue weighted by atomic mass is 35.5. The Morgan fingerprint density at radius 1 is 1.17 bits per heavy atom. The van der Waals surface area contributed by atoms with Crippen LogP contribution in [0.3, 0.4) is 0 Å². The van der Waals surface area contributed by atoms with Crippen molar-refractivity contribution in [3.8, 4) is 11.5 Å². The minimum absolute atomic E-state index is 0.0752. The lowest BCUT2D eigenvalue weighted by Crippen LogP contribution is -2.28. The highest BCUT2D eigenvalue weighted by Crippen LogP contribution is 2.26. The van der Waals surface area contributed by atoms with Gasteiger partial charge in [0, 0.05) is 5.56 Å². The van der Waals surface area contributed by atoms with Crippen molar-refractivity contribution >= 4 is 17.5 Å². The molecule has 2 aromatic rings. The third-order valence-corrected chi connectivity index (χ3v) is 4.02. The maximum Gasteiger partial charge on any atom is 0.251 e. The largest absolute Gasteiger partial charge is 0.497 e. The number of rotatable bonds is 7. The van der Waals surface area contributed by atoms with Crippen LogP contribution >= 0.6 is 11.6 Å². The molecule has 2 rings (SSSR count). The van der Waals surface area contributed by atoms with Crippen molar-refractivity contribution in [3.63, 3.8) is 0 Å². The average Bonchev–Trinajstić information content (AvgIpc) is 2.61. The van der Waals surface area contributed by atoms with Crippen molar-refractivity contribution in [1.29, 1.82) is 0 Å². The minimum Gasteiger partial charge on any atom is -0.497 e. The molecule has 0 saturated carbocycles. The lowest BCUT2D eigenvalue weighted by Gasteiger charge is -2.18. The molecule has 1 atom stereocenters. The summed E-state index contributed by atoms with van der Waals surface area (Å²) in [5, 5.41) is 3.47. The van der Waals surface area contributed by atoms with E-state index in [9.17, 15) is 4.79 Å². The van der Waals surface area contributed by atoms with Gasteiger partial charge in [-0.25, -0.2) is 0 Å². The molecule has 0 aliphatic rings. The van der Waals surface area contributed by atoms with Crippen LogP contribution in [0.2, 0.25) is 5.02 Å². The lowest BCUT2D eigenvalue weighted by molar-refractivity contribution is 0.0935. The first-order chi connectivity index (χ1) is 11.6. The summed E-state index contributed by atoms with van der Waals surface area (Å²) in [6.07, 6.45) is 0.781. The Kier molecular flexibility index (Phi) is 6.50. The van der Waals surface area contributed by atoms with Crippen LogP contribution < -0.4 is 14.8 Å². The Bertz CT molecular complexity index is 686. The number of methoxy groups -OCH3 is 1. The second-order valence-electron chi connectivity index (χ2n) is 5.29. The molecule has 5 heteroatoms. The molecule has 2 aromatic carbocycles. The van der Waals surface area contributed by atoms with Crippen molar-refractivity contribution in [2.24, 2.45) is 0 Å². The third kappa shape index (κ3) is 4.42. The molecular formula is C19H22ClNO3. The normalized spacial score (nSPS) is 11.7. The molecule has 128 valence electrons. The van der Waals surface area contributed by atoms with Crippen LogP contribution in [0.15, 0.2) is 42.5 Å². The predicted octanol–water partition coefficient (Wildman–Crippen LogP) is 4.63. The Morgan fingerprint density at radius 3 is 2.42 bits per heavy atom. The predicted molar refractivity (Wildman–Crippen MR) is 96.1 cm³/mol. The van der Waals surface area contributed by atoms with Crippen LogP contribution in [0, 0.1) is 0 Å². The number of hydrogen-bond acceptors (Lipinski definition) is 3. The van der Waals surface area contributed by atoms with Gasteiger partial charge in [0.05, 0.1) is 24.8 Å². The maximum atomic E-state index is 12.5. The van der Waals surface area contributed by atoms with Gasteiger partial charge in [0.2, 0.25) is 0 Å². The number of carbonyl (C=O) groups excluding carboxylic acids is 1. The van der Waals surface area contributed by atoms with Gasteiger partial charge in [-0.3, -0.25) is 4.79 Å². The average molecular weight is 348 g/mol. The molecule has 0 bridgehead atoms. The zero-order valence-corrected chi connectivity index (χ0v) is 14.9. The molecule has 0 aromatic heterocycles. The minimum atomic E-state index is -0.164. The summed E-state index contributed by atoms with van der Waals surface area (Å²) >= 11 is 6.15. The van der Waals surface area contributed by atoms with Gasteiger partial charge >= 0.3 is 0 Å². The number of carbonyl (C=O) groups is 1. The summed E-state index contributed by atoms with van der Waals surface area (Å²) in [5.74, 6) is 1.21. The van der Waals surface area contributed by atoms with E-state index in [1.807, 2.05) is 38.1 Å². The van der Waals surface area contributed by atoms with Gasteiger partial charge in [-0.05, 0) is 49.2 Å². The van der Waals surface area contributed by atoms with E-state index in [2.05, 4.69) is 5.32 Å². The standard InChI is InChI=1S/C19H22ClNO3/c1-4-17(13-6-9-15(23-3)10-7-13)21-19(22)14-8-11-18(24-5-2)16(20)12-14/h6-12,17H,4-5H2,1-3H3,(H,21,22). The Hall–Kier alpha value is -2.20. The van der Waals surface area contributed by atoms with Gasteiger partial charge in [0.15, 0.2) is 0 Å². The van der Waals surface area contributed by atoms with Crippen LogP contribution in [-0.4, -0.2) is 19.6 Å². The first-order valence-electron chi connectivity index (χ1n) is 7.96. The summed E-state index contributed by atoms with van der Waals surface area (Å²) in [7, 11) is 1.63. The summed E-state index contributed by atoms with van der Waals surface area (Å²) in [6, 6.07) is 12.7. The van der Waals surface area contributed by atoms with E-state index in [0.29, 0.717) is 22.9 Å². The number of nitrogens with one attached hydrogen (secondary N) is 1. The van der Waals surface area contributed by atoms with Crippen molar-refractivity contribution in [1.82, 2.24) is 5.32 Å². The van der Waals surface area contributed by atoms with Gasteiger partial charge in [-0.1, -0.05) is 30.7 Å². The van der Waals surface area contributed by atoms with E-state index in [4.69, 9.17) is 21.1 Å². The third-order valence-electron chi connectivity index (χ3n) is 3.73. The quantitative estimate of drug-likeness (QED) is 0.794. The molecule has 0 heterocycles. The fourth-order valence-corrected chi connectivity index (χ4v) is 2.65. The molecule has 1 N–H and O–H groups in total. The van der Waals surface area contributed by atoms with Gasteiger partial charge in [0.1, 0.15) is 11.5 Å². The Morgan fingerprint density at radius 2 is 1.88 bits per heavy atom. The fourth-order valence-electron chi connectivity index (χ4n) is 2.41. The number of ether oxygens (including phenoxy) is 2. The fraction of sp³-hybridized carbons (Fsp3) is 0.316. The van der Waals surface area contributed by atoms with Gasteiger partial charge in [0.25, 0.3) is 5.91 Å². The zero-order chi connectivity index (χ0) is 17.5. The van der Waals surface area contributed by atoms with E-state index >= 15 is 0 Å². The van der Waals surface area contributed by atoms with E-state index < -0.39 is 0 Å². The van der Waals surface area contributed by atoms with Crippen LogP contribution in [0.25, 0.3) is 0 Å². The molecule has 0 radical (unpaired) electrons. The summed E-state index contributed by atoms with van der Waals surface area (Å²) in [6.45, 7) is 4.44. The van der Waals surface area contributed by atoms with Crippen molar-refractivity contribution in [2.75, 3.05) is 13.7 Å². The monoisotopic (exact) mass is 347 g/mol. The van der Waals surface area contributed by atoms with E-state index in [1.165, 1.54) is 0 Å². The zero-order valence-electron chi connectivity index (χ0n) is 14.1. The van der Waals surface area contributed by atoms with E-state index in [1.54, 1.807) is 25.3 Å². The van der Waals surface area contributed by atoms with Crippen LogP contribution in [0.5, 0.6) is 11.5 Å². The molecule has 0 fully saturated rings. The Balaban J connectivity index is 2.12. The molecule has 0 spiro atoms. The first kappa shape index (κ1) is 18.1. The highest BCUT2D eigenvalue weighted by Gasteiger charge is 2.15. The summed E-state index contributed by atoms with van der Waals surface area (Å²) in [4.78, 5) is 12.5. The smallest absolute Gasteiger partial charge is 0.251 e. The van der Waals surface area contributed by atoms with Crippen molar-refractivity contribution < 1.29 is 14.3 Å². The van der Waals surface area contributed by atoms with Crippen molar-refractivity contribution in [3.05, 3.63) is 58.6 Å². The van der Waals surface area contributed by atoms with Crippen LogP contribution in [-0.2, 0) is 0 Å².